The van der Waals surface area contributed by atoms with E-state index in [0.29, 0.717) is 18.6 Å². The number of carbonyl (C=O) groups excluding carboxylic acids is 1. The molecule has 2 aromatic carbocycles. The minimum atomic E-state index is -0.332. The normalized spacial score (nSPS) is 20.4. The maximum Gasteiger partial charge on any atom is 0.234 e. The van der Waals surface area contributed by atoms with Gasteiger partial charge in [-0.15, -0.1) is 0 Å². The van der Waals surface area contributed by atoms with Crippen LogP contribution in [0.25, 0.3) is 0 Å². The van der Waals surface area contributed by atoms with Gasteiger partial charge in [0.05, 0.1) is 6.04 Å². The van der Waals surface area contributed by atoms with Gasteiger partial charge in [0.1, 0.15) is 18.2 Å². The molecule has 0 unspecified atom stereocenters. The molecule has 3 N–H and O–H groups in total. The van der Waals surface area contributed by atoms with Crippen molar-refractivity contribution in [3.05, 3.63) is 65.5 Å². The van der Waals surface area contributed by atoms with E-state index in [1.807, 2.05) is 30.3 Å². The number of carbonyl (C=O) groups is 1. The van der Waals surface area contributed by atoms with Gasteiger partial charge in [-0.05, 0) is 48.7 Å². The van der Waals surface area contributed by atoms with E-state index in [9.17, 15) is 9.18 Å². The predicted molar refractivity (Wildman–Crippen MR) is 90.1 cm³/mol. The summed E-state index contributed by atoms with van der Waals surface area (Å²) in [5.74, 6) is 0.563. The lowest BCUT2D eigenvalue weighted by Crippen LogP contribution is -2.40. The fourth-order valence-electron chi connectivity index (χ4n) is 2.76. The summed E-state index contributed by atoms with van der Waals surface area (Å²) in [5.41, 5.74) is 7.27. The third kappa shape index (κ3) is 4.11. The fraction of sp³-hybridized carbons (Fsp3) is 0.316. The standard InChI is InChI=1S/C19H21FN2O2/c1-12(19(21)23)22-18-10-17(18)14-5-7-16(8-6-14)24-11-13-3-2-4-15(20)9-13/h2-9,12,17-18,22H,10-11H2,1H3,(H2,21,23)/t12-,17+,18-/m1/s1. The van der Waals surface area contributed by atoms with Gasteiger partial charge >= 0.3 is 0 Å². The van der Waals surface area contributed by atoms with Gasteiger partial charge < -0.3 is 15.8 Å². The van der Waals surface area contributed by atoms with Crippen molar-refractivity contribution in [3.63, 3.8) is 0 Å². The molecule has 4 nitrogen and oxygen atoms in total. The van der Waals surface area contributed by atoms with Crippen LogP contribution in [0.2, 0.25) is 0 Å². The first-order chi connectivity index (χ1) is 11.5. The lowest BCUT2D eigenvalue weighted by Gasteiger charge is -2.10. The van der Waals surface area contributed by atoms with Crippen LogP contribution in [0.15, 0.2) is 48.5 Å². The minimum Gasteiger partial charge on any atom is -0.489 e. The molecule has 0 saturated heterocycles. The molecule has 5 heteroatoms. The van der Waals surface area contributed by atoms with E-state index >= 15 is 0 Å². The Kier molecular flexibility index (Phi) is 4.81. The largest absolute Gasteiger partial charge is 0.489 e. The Balaban J connectivity index is 1.52. The Hall–Kier alpha value is -2.40. The summed E-state index contributed by atoms with van der Waals surface area (Å²) < 4.78 is 18.8. The van der Waals surface area contributed by atoms with Crippen molar-refractivity contribution in [3.8, 4) is 5.75 Å². The summed E-state index contributed by atoms with van der Waals surface area (Å²) in [6.45, 7) is 2.11. The van der Waals surface area contributed by atoms with E-state index in [2.05, 4.69) is 5.32 Å². The van der Waals surface area contributed by atoms with Crippen molar-refractivity contribution in [2.24, 2.45) is 5.73 Å². The highest BCUT2D eigenvalue weighted by Crippen LogP contribution is 2.41. The number of hydrogen-bond donors (Lipinski definition) is 2. The quantitative estimate of drug-likeness (QED) is 0.821. The van der Waals surface area contributed by atoms with Crippen molar-refractivity contribution in [1.82, 2.24) is 5.32 Å². The molecule has 3 atom stereocenters. The highest BCUT2D eigenvalue weighted by molar-refractivity contribution is 5.79. The van der Waals surface area contributed by atoms with E-state index in [0.717, 1.165) is 17.7 Å². The van der Waals surface area contributed by atoms with Gasteiger partial charge in [0, 0.05) is 12.0 Å². The third-order valence-electron chi connectivity index (χ3n) is 4.28. The zero-order valence-electron chi connectivity index (χ0n) is 13.5. The molecule has 2 aromatic rings. The highest BCUT2D eigenvalue weighted by Gasteiger charge is 2.39. The molecule has 0 radical (unpaired) electrons. The van der Waals surface area contributed by atoms with Crippen LogP contribution in [0.3, 0.4) is 0 Å². The van der Waals surface area contributed by atoms with E-state index in [1.165, 1.54) is 17.7 Å². The maximum absolute atomic E-state index is 13.1. The van der Waals surface area contributed by atoms with Gasteiger partial charge in [0.15, 0.2) is 0 Å². The number of amides is 1. The molecule has 0 bridgehead atoms. The van der Waals surface area contributed by atoms with Crippen LogP contribution in [-0.4, -0.2) is 18.0 Å². The van der Waals surface area contributed by atoms with Crippen LogP contribution < -0.4 is 15.8 Å². The first-order valence-corrected chi connectivity index (χ1v) is 8.05. The van der Waals surface area contributed by atoms with E-state index < -0.39 is 0 Å². The summed E-state index contributed by atoms with van der Waals surface area (Å²) in [6.07, 6.45) is 1.00. The minimum absolute atomic E-state index is 0.260. The summed E-state index contributed by atoms with van der Waals surface area (Å²) in [6, 6.07) is 14.3. The Labute approximate surface area is 140 Å². The molecule has 1 amide bonds. The van der Waals surface area contributed by atoms with Crippen molar-refractivity contribution >= 4 is 5.91 Å². The number of nitrogens with one attached hydrogen (secondary N) is 1. The van der Waals surface area contributed by atoms with Gasteiger partial charge in [-0.2, -0.15) is 0 Å². The number of primary amides is 1. The van der Waals surface area contributed by atoms with Crippen LogP contribution in [0.1, 0.15) is 30.4 Å². The topological polar surface area (TPSA) is 64.3 Å². The van der Waals surface area contributed by atoms with Crippen molar-refractivity contribution in [1.29, 1.82) is 0 Å². The highest BCUT2D eigenvalue weighted by atomic mass is 19.1. The average molecular weight is 328 g/mol. The van der Waals surface area contributed by atoms with Gasteiger partial charge in [0.25, 0.3) is 0 Å². The molecule has 1 saturated carbocycles. The van der Waals surface area contributed by atoms with Gasteiger partial charge in [-0.25, -0.2) is 4.39 Å². The SMILES string of the molecule is C[C@@H](N[C@@H]1C[C@H]1c1ccc(OCc2cccc(F)c2)cc1)C(N)=O. The number of nitrogens with two attached hydrogens (primary N) is 1. The second-order valence-corrected chi connectivity index (χ2v) is 6.23. The second kappa shape index (κ2) is 7.01. The molecular weight excluding hydrogens is 307 g/mol. The Morgan fingerprint density at radius 1 is 1.33 bits per heavy atom. The smallest absolute Gasteiger partial charge is 0.234 e. The number of benzene rings is 2. The summed E-state index contributed by atoms with van der Waals surface area (Å²) in [5, 5.41) is 3.23. The Morgan fingerprint density at radius 3 is 2.75 bits per heavy atom. The molecule has 0 spiro atoms. The van der Waals surface area contributed by atoms with Crippen LogP contribution >= 0.6 is 0 Å². The van der Waals surface area contributed by atoms with Gasteiger partial charge in [-0.1, -0.05) is 24.3 Å². The summed E-state index contributed by atoms with van der Waals surface area (Å²) >= 11 is 0. The van der Waals surface area contributed by atoms with Crippen LogP contribution in [-0.2, 0) is 11.4 Å². The molecule has 0 aliphatic heterocycles. The molecule has 1 aliphatic carbocycles. The van der Waals surface area contributed by atoms with Crippen LogP contribution in [0, 0.1) is 5.82 Å². The number of ether oxygens (including phenoxy) is 1. The average Bonchev–Trinajstić information content (AvgIpc) is 3.32. The molecule has 24 heavy (non-hydrogen) atoms. The molecule has 3 rings (SSSR count). The number of hydrogen-bond acceptors (Lipinski definition) is 3. The fourth-order valence-corrected chi connectivity index (χ4v) is 2.76. The van der Waals surface area contributed by atoms with Gasteiger partial charge in [0.2, 0.25) is 5.91 Å². The Bertz CT molecular complexity index is 718. The third-order valence-corrected chi connectivity index (χ3v) is 4.28. The summed E-state index contributed by atoms with van der Waals surface area (Å²) in [7, 11) is 0. The second-order valence-electron chi connectivity index (χ2n) is 6.23. The van der Waals surface area contributed by atoms with Crippen molar-refractivity contribution in [2.75, 3.05) is 0 Å². The van der Waals surface area contributed by atoms with Crippen LogP contribution in [0.5, 0.6) is 5.75 Å². The lowest BCUT2D eigenvalue weighted by atomic mass is 10.1. The van der Waals surface area contributed by atoms with Crippen molar-refractivity contribution < 1.29 is 13.9 Å². The van der Waals surface area contributed by atoms with E-state index in [-0.39, 0.29) is 17.8 Å². The molecule has 0 aromatic heterocycles. The van der Waals surface area contributed by atoms with Crippen LogP contribution in [0.4, 0.5) is 4.39 Å². The van der Waals surface area contributed by atoms with Gasteiger partial charge in [-0.3, -0.25) is 4.79 Å². The molecule has 126 valence electrons. The first-order valence-electron chi connectivity index (χ1n) is 8.05. The monoisotopic (exact) mass is 328 g/mol. The van der Waals surface area contributed by atoms with E-state index in [1.54, 1.807) is 13.0 Å². The number of rotatable bonds is 7. The maximum atomic E-state index is 13.1. The molecule has 1 fully saturated rings. The van der Waals surface area contributed by atoms with Crippen molar-refractivity contribution in [2.45, 2.75) is 38.0 Å². The molecule has 0 heterocycles. The molecule has 1 aliphatic rings. The Morgan fingerprint density at radius 2 is 2.08 bits per heavy atom. The molecular formula is C19H21FN2O2. The zero-order chi connectivity index (χ0) is 17.1. The zero-order valence-corrected chi connectivity index (χ0v) is 13.5. The summed E-state index contributed by atoms with van der Waals surface area (Å²) in [4.78, 5) is 11.1. The first kappa shape index (κ1) is 16.5. The predicted octanol–water partition coefficient (Wildman–Crippen LogP) is 2.72. The lowest BCUT2D eigenvalue weighted by molar-refractivity contribution is -0.119. The number of halogens is 1. The van der Waals surface area contributed by atoms with E-state index in [4.69, 9.17) is 10.5 Å².